The summed E-state index contributed by atoms with van der Waals surface area (Å²) >= 11 is 0. The number of pyridine rings is 1. The molecule has 5 heteroatoms. The lowest BCUT2D eigenvalue weighted by Gasteiger charge is -2.15. The Labute approximate surface area is 170 Å². The molecule has 1 amide bonds. The Balaban J connectivity index is 1.47. The van der Waals surface area contributed by atoms with E-state index < -0.39 is 0 Å². The van der Waals surface area contributed by atoms with Crippen molar-refractivity contribution in [2.24, 2.45) is 0 Å². The quantitative estimate of drug-likeness (QED) is 0.472. The molecule has 2 N–H and O–H groups in total. The van der Waals surface area contributed by atoms with E-state index in [9.17, 15) is 4.79 Å². The van der Waals surface area contributed by atoms with Crippen LogP contribution in [0.2, 0.25) is 0 Å². The van der Waals surface area contributed by atoms with Crippen LogP contribution in [0.1, 0.15) is 18.4 Å². The Morgan fingerprint density at radius 2 is 1.55 bits per heavy atom. The van der Waals surface area contributed by atoms with Gasteiger partial charge in [-0.3, -0.25) is 9.78 Å². The van der Waals surface area contributed by atoms with Gasteiger partial charge in [0.05, 0.1) is 17.3 Å². The summed E-state index contributed by atoms with van der Waals surface area (Å²) < 4.78 is 2.07. The molecule has 1 atom stereocenters. The lowest BCUT2D eigenvalue weighted by Crippen LogP contribution is -2.18. The van der Waals surface area contributed by atoms with Gasteiger partial charge >= 0.3 is 0 Å². The van der Waals surface area contributed by atoms with Crippen LogP contribution in [0.15, 0.2) is 97.6 Å². The van der Waals surface area contributed by atoms with Gasteiger partial charge in [-0.1, -0.05) is 24.3 Å². The Kier molecular flexibility index (Phi) is 5.38. The van der Waals surface area contributed by atoms with Gasteiger partial charge in [-0.25, -0.2) is 0 Å². The highest BCUT2D eigenvalue weighted by Gasteiger charge is 2.15. The molecule has 2 heterocycles. The molecular weight excluding hydrogens is 360 g/mol. The van der Waals surface area contributed by atoms with Crippen LogP contribution in [0.3, 0.4) is 0 Å². The van der Waals surface area contributed by atoms with Gasteiger partial charge in [-0.05, 0) is 61.0 Å². The van der Waals surface area contributed by atoms with E-state index in [0.29, 0.717) is 0 Å². The summed E-state index contributed by atoms with van der Waals surface area (Å²) in [5, 5.41) is 6.39. The third-order valence-electron chi connectivity index (χ3n) is 4.82. The number of rotatable bonds is 6. The third kappa shape index (κ3) is 4.35. The lowest BCUT2D eigenvalue weighted by atomic mass is 10.00. The van der Waals surface area contributed by atoms with Crippen molar-refractivity contribution in [3.63, 3.8) is 0 Å². The molecule has 2 aromatic heterocycles. The van der Waals surface area contributed by atoms with Crippen molar-refractivity contribution in [2.45, 2.75) is 12.8 Å². The van der Waals surface area contributed by atoms with E-state index in [2.05, 4.69) is 26.3 Å². The number of nitrogens with one attached hydrogen (secondary N) is 2. The highest BCUT2D eigenvalue weighted by molar-refractivity contribution is 5.95. The van der Waals surface area contributed by atoms with E-state index in [-0.39, 0.29) is 11.8 Å². The van der Waals surface area contributed by atoms with Crippen LogP contribution in [-0.2, 0) is 4.79 Å². The van der Waals surface area contributed by atoms with E-state index >= 15 is 0 Å². The maximum absolute atomic E-state index is 12.5. The van der Waals surface area contributed by atoms with Crippen molar-refractivity contribution >= 4 is 23.0 Å². The SMILES string of the molecule is CC(C(=O)Nc1ccncc1)c1ccc(Nc2ccccc2-n2cccc2)cc1. The molecule has 2 aromatic carbocycles. The third-order valence-corrected chi connectivity index (χ3v) is 4.82. The average Bonchev–Trinajstić information content (AvgIpc) is 3.30. The van der Waals surface area contributed by atoms with Crippen LogP contribution in [0.5, 0.6) is 0 Å². The second-order valence-electron chi connectivity index (χ2n) is 6.80. The van der Waals surface area contributed by atoms with Crippen LogP contribution >= 0.6 is 0 Å². The summed E-state index contributed by atoms with van der Waals surface area (Å²) in [5.41, 5.74) is 4.76. The number of anilines is 3. The summed E-state index contributed by atoms with van der Waals surface area (Å²) in [4.78, 5) is 16.5. The van der Waals surface area contributed by atoms with Gasteiger partial charge in [0.1, 0.15) is 0 Å². The van der Waals surface area contributed by atoms with Gasteiger partial charge in [-0.2, -0.15) is 0 Å². The number of hydrogen-bond donors (Lipinski definition) is 2. The van der Waals surface area contributed by atoms with Crippen molar-refractivity contribution < 1.29 is 4.79 Å². The number of para-hydroxylation sites is 2. The fourth-order valence-electron chi connectivity index (χ4n) is 3.15. The smallest absolute Gasteiger partial charge is 0.231 e. The molecular formula is C24H22N4O. The summed E-state index contributed by atoms with van der Waals surface area (Å²) in [7, 11) is 0. The van der Waals surface area contributed by atoms with Crippen LogP contribution in [0.25, 0.3) is 5.69 Å². The number of amides is 1. The predicted molar refractivity (Wildman–Crippen MR) is 117 cm³/mol. The molecule has 0 aliphatic rings. The summed E-state index contributed by atoms with van der Waals surface area (Å²) in [5.74, 6) is -0.306. The highest BCUT2D eigenvalue weighted by atomic mass is 16.1. The number of carbonyl (C=O) groups is 1. The van der Waals surface area contributed by atoms with Crippen LogP contribution < -0.4 is 10.6 Å². The molecule has 0 saturated heterocycles. The van der Waals surface area contributed by atoms with Crippen molar-refractivity contribution in [2.75, 3.05) is 10.6 Å². The molecule has 0 spiro atoms. The van der Waals surface area contributed by atoms with Crippen molar-refractivity contribution in [3.05, 3.63) is 103 Å². The topological polar surface area (TPSA) is 59.0 Å². The number of nitrogens with zero attached hydrogens (tertiary/aromatic N) is 2. The first kappa shape index (κ1) is 18.5. The van der Waals surface area contributed by atoms with E-state index in [1.807, 2.05) is 73.9 Å². The standard InChI is InChI=1S/C24H22N4O/c1-18(24(29)27-21-12-14-25-15-13-21)19-8-10-20(11-9-19)26-22-6-2-3-7-23(22)28-16-4-5-17-28/h2-18,26H,1H3,(H,25,27,29). The molecule has 4 aromatic rings. The second-order valence-corrected chi connectivity index (χ2v) is 6.80. The first-order valence-electron chi connectivity index (χ1n) is 9.51. The zero-order valence-corrected chi connectivity index (χ0v) is 16.1. The molecule has 0 radical (unpaired) electrons. The molecule has 0 bridgehead atoms. The molecule has 0 saturated carbocycles. The van der Waals surface area contributed by atoms with Gasteiger partial charge in [0.25, 0.3) is 0 Å². The zero-order chi connectivity index (χ0) is 20.1. The van der Waals surface area contributed by atoms with Gasteiger partial charge in [0.15, 0.2) is 0 Å². The summed E-state index contributed by atoms with van der Waals surface area (Å²) in [6.45, 7) is 1.90. The Bertz CT molecular complexity index is 1070. The van der Waals surface area contributed by atoms with E-state index in [0.717, 1.165) is 28.3 Å². The molecule has 144 valence electrons. The lowest BCUT2D eigenvalue weighted by molar-refractivity contribution is -0.117. The van der Waals surface area contributed by atoms with Gasteiger partial charge in [0, 0.05) is 36.2 Å². The number of hydrogen-bond acceptors (Lipinski definition) is 3. The first-order chi connectivity index (χ1) is 14.2. The van der Waals surface area contributed by atoms with Gasteiger partial charge in [0.2, 0.25) is 5.91 Å². The van der Waals surface area contributed by atoms with Crippen LogP contribution in [0, 0.1) is 0 Å². The number of carbonyl (C=O) groups excluding carboxylic acids is 1. The monoisotopic (exact) mass is 382 g/mol. The molecule has 0 aliphatic carbocycles. The first-order valence-corrected chi connectivity index (χ1v) is 9.51. The van der Waals surface area contributed by atoms with Gasteiger partial charge < -0.3 is 15.2 Å². The normalized spacial score (nSPS) is 11.6. The fourth-order valence-corrected chi connectivity index (χ4v) is 3.15. The molecule has 4 rings (SSSR count). The number of benzene rings is 2. The maximum atomic E-state index is 12.5. The molecule has 1 unspecified atom stereocenters. The largest absolute Gasteiger partial charge is 0.354 e. The Hall–Kier alpha value is -3.86. The van der Waals surface area contributed by atoms with E-state index in [1.54, 1.807) is 24.5 Å². The van der Waals surface area contributed by atoms with Crippen LogP contribution in [0.4, 0.5) is 17.1 Å². The van der Waals surface area contributed by atoms with Crippen molar-refractivity contribution in [1.29, 1.82) is 0 Å². The average molecular weight is 382 g/mol. The van der Waals surface area contributed by atoms with E-state index in [1.165, 1.54) is 0 Å². The Morgan fingerprint density at radius 1 is 0.862 bits per heavy atom. The molecule has 0 fully saturated rings. The number of aromatic nitrogens is 2. The summed E-state index contributed by atoms with van der Waals surface area (Å²) in [6, 6.07) is 23.7. The minimum Gasteiger partial charge on any atom is -0.354 e. The highest BCUT2D eigenvalue weighted by Crippen LogP contribution is 2.26. The van der Waals surface area contributed by atoms with Crippen molar-refractivity contribution in [3.8, 4) is 5.69 Å². The van der Waals surface area contributed by atoms with Gasteiger partial charge in [-0.15, -0.1) is 0 Å². The molecule has 29 heavy (non-hydrogen) atoms. The molecule has 5 nitrogen and oxygen atoms in total. The van der Waals surface area contributed by atoms with E-state index in [4.69, 9.17) is 0 Å². The zero-order valence-electron chi connectivity index (χ0n) is 16.1. The minimum absolute atomic E-state index is 0.0464. The predicted octanol–water partition coefficient (Wildman–Crippen LogP) is 5.36. The Morgan fingerprint density at radius 3 is 2.28 bits per heavy atom. The summed E-state index contributed by atoms with van der Waals surface area (Å²) in [6.07, 6.45) is 7.36. The fraction of sp³-hybridized carbons (Fsp3) is 0.0833. The molecule has 0 aliphatic heterocycles. The minimum atomic E-state index is -0.260. The van der Waals surface area contributed by atoms with Crippen LogP contribution in [-0.4, -0.2) is 15.5 Å². The maximum Gasteiger partial charge on any atom is 0.231 e. The second kappa shape index (κ2) is 8.44. The van der Waals surface area contributed by atoms with Crippen molar-refractivity contribution in [1.82, 2.24) is 9.55 Å².